The summed E-state index contributed by atoms with van der Waals surface area (Å²) in [6.07, 6.45) is 4.58. The van der Waals surface area contributed by atoms with Crippen LogP contribution >= 0.6 is 0 Å². The van der Waals surface area contributed by atoms with Crippen molar-refractivity contribution in [3.63, 3.8) is 0 Å². The molecule has 2 bridgehead atoms. The van der Waals surface area contributed by atoms with E-state index < -0.39 is 5.97 Å². The second-order valence-electron chi connectivity index (χ2n) is 2.96. The molecule has 0 saturated carbocycles. The number of aromatic amines is 1. The van der Waals surface area contributed by atoms with Crippen LogP contribution in [0.2, 0.25) is 0 Å². The normalized spacial score (nSPS) is 12.2. The van der Waals surface area contributed by atoms with Crippen LogP contribution in [-0.2, 0) is 24.2 Å². The summed E-state index contributed by atoms with van der Waals surface area (Å²) in [4.78, 5) is 12.1. The Morgan fingerprint density at radius 1 is 1.69 bits per heavy atom. The lowest BCUT2D eigenvalue weighted by atomic mass is 10.3. The van der Waals surface area contributed by atoms with Crippen LogP contribution in [-0.4, -0.2) is 11.0 Å². The van der Waals surface area contributed by atoms with Gasteiger partial charge in [0.25, 0.3) is 5.82 Å². The fourth-order valence-electron chi connectivity index (χ4n) is 1.55. The van der Waals surface area contributed by atoms with Crippen molar-refractivity contribution >= 4 is 5.97 Å². The highest BCUT2D eigenvalue weighted by Crippen LogP contribution is 2.07. The molecular weight excluding hydrogens is 168 g/mol. The van der Waals surface area contributed by atoms with Crippen molar-refractivity contribution in [2.75, 3.05) is 0 Å². The minimum atomic E-state index is -1.08. The molecule has 1 aromatic heterocycles. The predicted octanol–water partition coefficient (Wildman–Crippen LogP) is -0.823. The highest BCUT2D eigenvalue weighted by Gasteiger charge is 2.23. The van der Waals surface area contributed by atoms with Crippen LogP contribution in [0.15, 0.2) is 6.20 Å². The van der Waals surface area contributed by atoms with Crippen molar-refractivity contribution in [3.05, 3.63) is 17.7 Å². The number of nitrogens with one attached hydrogen (secondary N) is 1. The Labute approximate surface area is 77.2 Å². The first kappa shape index (κ1) is 9.77. The van der Waals surface area contributed by atoms with Crippen LogP contribution < -0.4 is 9.67 Å². The number of aryl methyl sites for hydroxylation is 2. The number of carbonyl (C=O) groups excluding carboxylic acids is 1. The minimum Gasteiger partial charge on any atom is -0.550 e. The largest absolute Gasteiger partial charge is 0.550 e. The highest BCUT2D eigenvalue weighted by atomic mass is 16.4. The summed E-state index contributed by atoms with van der Waals surface area (Å²) in [6.45, 7) is 4.28. The van der Waals surface area contributed by atoms with Crippen molar-refractivity contribution in [1.82, 2.24) is 4.98 Å². The van der Waals surface area contributed by atoms with Gasteiger partial charge in [-0.3, -0.25) is 0 Å². The number of hydrogen-bond donors (Lipinski definition) is 1. The molecule has 4 nitrogen and oxygen atoms in total. The van der Waals surface area contributed by atoms with Crippen molar-refractivity contribution in [2.45, 2.75) is 33.2 Å². The van der Waals surface area contributed by atoms with E-state index in [1.807, 2.05) is 0 Å². The molecule has 0 atom stereocenters. The summed E-state index contributed by atoms with van der Waals surface area (Å²) >= 11 is 0. The lowest BCUT2D eigenvalue weighted by Crippen LogP contribution is -2.33. The van der Waals surface area contributed by atoms with Gasteiger partial charge in [-0.05, 0) is 13.8 Å². The third-order valence-corrected chi connectivity index (χ3v) is 2.01. The van der Waals surface area contributed by atoms with E-state index in [0.717, 1.165) is 13.5 Å². The fourth-order valence-corrected chi connectivity index (χ4v) is 1.55. The second kappa shape index (κ2) is 4.07. The zero-order chi connectivity index (χ0) is 9.84. The second-order valence-corrected chi connectivity index (χ2v) is 2.96. The molecule has 1 aliphatic rings. The number of rotatable bonds is 1. The Hall–Kier alpha value is -1.32. The van der Waals surface area contributed by atoms with E-state index in [4.69, 9.17) is 9.90 Å². The number of nitrogens with zero attached hydrogens (tertiary/aromatic N) is 1. The van der Waals surface area contributed by atoms with Gasteiger partial charge in [-0.1, -0.05) is 0 Å². The third-order valence-electron chi connectivity index (χ3n) is 2.01. The Bertz CT molecular complexity index is 279. The molecule has 1 aromatic rings. The fraction of sp³-hybridized carbons (Fsp3) is 0.556. The molecule has 1 N–H and O–H groups in total. The molecule has 0 amide bonds. The average Bonchev–Trinajstić information content (AvgIpc) is 2.60. The first-order chi connectivity index (χ1) is 6.15. The molecule has 2 heterocycles. The third kappa shape index (κ3) is 2.31. The van der Waals surface area contributed by atoms with Crippen LogP contribution in [0.25, 0.3) is 0 Å². The number of aliphatic carboxylic acids is 1. The first-order valence-corrected chi connectivity index (χ1v) is 4.41. The summed E-state index contributed by atoms with van der Waals surface area (Å²) < 4.78 is 2.35. The summed E-state index contributed by atoms with van der Waals surface area (Å²) in [6, 6.07) is 0. The van der Waals surface area contributed by atoms with Gasteiger partial charge in [0.05, 0.1) is 13.0 Å². The van der Waals surface area contributed by atoms with E-state index in [-0.39, 0.29) is 0 Å². The van der Waals surface area contributed by atoms with E-state index >= 15 is 0 Å². The molecule has 2 rings (SSSR count). The van der Waals surface area contributed by atoms with Gasteiger partial charge in [0.2, 0.25) is 0 Å². The molecule has 0 saturated heterocycles. The lowest BCUT2D eigenvalue weighted by Gasteiger charge is -1.86. The standard InChI is InChI=1S/C7H10N2.C2H4O2/c1-2-9-6-3-4-7(9)8-5-6;1-2(3)4/h5H,2-4H2,1H3;1H3,(H,3,4). The predicted molar refractivity (Wildman–Crippen MR) is 44.8 cm³/mol. The average molecular weight is 182 g/mol. The van der Waals surface area contributed by atoms with Crippen LogP contribution in [0, 0.1) is 0 Å². The Kier molecular flexibility index (Phi) is 3.06. The van der Waals surface area contributed by atoms with E-state index in [2.05, 4.69) is 22.7 Å². The van der Waals surface area contributed by atoms with Crippen LogP contribution in [0.4, 0.5) is 0 Å². The molecule has 0 unspecified atom stereocenters. The molecule has 4 heteroatoms. The maximum Gasteiger partial charge on any atom is 0.254 e. The smallest absolute Gasteiger partial charge is 0.254 e. The quantitative estimate of drug-likeness (QED) is 0.577. The molecule has 13 heavy (non-hydrogen) atoms. The number of aromatic nitrogens is 2. The number of fused-ring (bicyclic) bond motifs is 2. The van der Waals surface area contributed by atoms with Crippen LogP contribution in [0.3, 0.4) is 0 Å². The van der Waals surface area contributed by atoms with E-state index in [9.17, 15) is 0 Å². The molecule has 72 valence electrons. The number of imidazole rings is 1. The zero-order valence-corrected chi connectivity index (χ0v) is 7.96. The zero-order valence-electron chi connectivity index (χ0n) is 7.96. The van der Waals surface area contributed by atoms with Crippen molar-refractivity contribution in [1.29, 1.82) is 0 Å². The SMILES string of the molecule is CC(=O)[O-].CC[n+]1c2c[nH]c1CC2. The molecule has 1 aliphatic heterocycles. The first-order valence-electron chi connectivity index (χ1n) is 4.41. The van der Waals surface area contributed by atoms with E-state index in [1.54, 1.807) is 0 Å². The van der Waals surface area contributed by atoms with Gasteiger partial charge in [0.1, 0.15) is 11.9 Å². The minimum absolute atomic E-state index is 0.972. The van der Waals surface area contributed by atoms with Crippen molar-refractivity contribution in [2.24, 2.45) is 0 Å². The van der Waals surface area contributed by atoms with Crippen LogP contribution in [0.5, 0.6) is 0 Å². The lowest BCUT2D eigenvalue weighted by molar-refractivity contribution is -0.698. The summed E-state index contributed by atoms with van der Waals surface area (Å²) in [5.74, 6) is 0.313. The summed E-state index contributed by atoms with van der Waals surface area (Å²) in [7, 11) is 0. The van der Waals surface area contributed by atoms with E-state index in [0.29, 0.717) is 0 Å². The molecular formula is C9H14N2O2. The van der Waals surface area contributed by atoms with Gasteiger partial charge in [0, 0.05) is 12.4 Å². The van der Waals surface area contributed by atoms with Gasteiger partial charge in [-0.25, -0.2) is 9.55 Å². The van der Waals surface area contributed by atoms with Crippen LogP contribution in [0.1, 0.15) is 25.4 Å². The highest BCUT2D eigenvalue weighted by molar-refractivity contribution is 5.60. The van der Waals surface area contributed by atoms with Crippen molar-refractivity contribution < 1.29 is 14.5 Å². The van der Waals surface area contributed by atoms with Gasteiger partial charge in [-0.2, -0.15) is 0 Å². The van der Waals surface area contributed by atoms with Gasteiger partial charge in [0.15, 0.2) is 0 Å². The number of carboxylic acids is 1. The van der Waals surface area contributed by atoms with E-state index in [1.165, 1.54) is 24.4 Å². The van der Waals surface area contributed by atoms with Gasteiger partial charge in [-0.15, -0.1) is 0 Å². The molecule has 0 aliphatic carbocycles. The number of H-pyrrole nitrogens is 1. The maximum absolute atomic E-state index is 8.89. The number of hydrogen-bond acceptors (Lipinski definition) is 2. The Morgan fingerprint density at radius 2 is 2.31 bits per heavy atom. The monoisotopic (exact) mass is 182 g/mol. The number of carboxylic acid groups (broad SMARTS) is 1. The summed E-state index contributed by atoms with van der Waals surface area (Å²) in [5.41, 5.74) is 1.47. The Balaban J connectivity index is 0.000000184. The number of carbonyl (C=O) groups is 1. The Morgan fingerprint density at radius 3 is 2.46 bits per heavy atom. The van der Waals surface area contributed by atoms with Gasteiger partial charge < -0.3 is 9.90 Å². The molecule has 0 radical (unpaired) electrons. The maximum atomic E-state index is 8.89. The van der Waals surface area contributed by atoms with Crippen molar-refractivity contribution in [3.8, 4) is 0 Å². The summed E-state index contributed by atoms with van der Waals surface area (Å²) in [5, 5.41) is 8.89. The van der Waals surface area contributed by atoms with Gasteiger partial charge >= 0.3 is 0 Å². The molecule has 0 aromatic carbocycles. The topological polar surface area (TPSA) is 59.8 Å². The molecule has 0 spiro atoms. The molecule has 0 fully saturated rings.